The van der Waals surface area contributed by atoms with Crippen LogP contribution in [0.2, 0.25) is 0 Å². The van der Waals surface area contributed by atoms with Gasteiger partial charge in [-0.15, -0.1) is 0 Å². The highest BCUT2D eigenvalue weighted by Crippen LogP contribution is 2.24. The highest BCUT2D eigenvalue weighted by Gasteiger charge is 2.15. The normalized spacial score (nSPS) is 12.6. The third-order valence-corrected chi connectivity index (χ3v) is 4.60. The number of nitrogens with zero attached hydrogens (tertiary/aromatic N) is 2. The third kappa shape index (κ3) is 3.23. The van der Waals surface area contributed by atoms with Crippen molar-refractivity contribution in [1.29, 1.82) is 0 Å². The highest BCUT2D eigenvalue weighted by molar-refractivity contribution is 5.44. The first-order chi connectivity index (χ1) is 10.5. The maximum absolute atomic E-state index is 9.59. The molecule has 0 radical (unpaired) electrons. The lowest BCUT2D eigenvalue weighted by Crippen LogP contribution is -2.23. The molecule has 4 nitrogen and oxygen atoms in total. The third-order valence-electron chi connectivity index (χ3n) is 4.60. The molecule has 0 bridgehead atoms. The summed E-state index contributed by atoms with van der Waals surface area (Å²) in [5.74, 6) is 0. The SMILES string of the molecule is CC[C@@H](NCc1c(C)cc(C)c(CO)c1C)c1ccnn1C. The zero-order chi connectivity index (χ0) is 16.3. The molecular formula is C18H27N3O. The van der Waals surface area contributed by atoms with Gasteiger partial charge in [-0.2, -0.15) is 5.10 Å². The van der Waals surface area contributed by atoms with E-state index in [2.05, 4.69) is 50.2 Å². The smallest absolute Gasteiger partial charge is 0.0687 e. The summed E-state index contributed by atoms with van der Waals surface area (Å²) in [6, 6.07) is 4.51. The van der Waals surface area contributed by atoms with Gasteiger partial charge in [0.1, 0.15) is 0 Å². The van der Waals surface area contributed by atoms with Crippen LogP contribution in [0.1, 0.15) is 52.9 Å². The molecule has 1 aromatic heterocycles. The van der Waals surface area contributed by atoms with E-state index in [1.807, 2.05) is 17.9 Å². The molecule has 1 heterocycles. The molecule has 0 unspecified atom stereocenters. The van der Waals surface area contributed by atoms with Crippen LogP contribution < -0.4 is 5.32 Å². The number of aryl methyl sites for hydroxylation is 3. The fourth-order valence-electron chi connectivity index (χ4n) is 3.20. The summed E-state index contributed by atoms with van der Waals surface area (Å²) in [5, 5.41) is 17.5. The molecule has 22 heavy (non-hydrogen) atoms. The van der Waals surface area contributed by atoms with Crippen LogP contribution in [0.5, 0.6) is 0 Å². The van der Waals surface area contributed by atoms with E-state index in [-0.39, 0.29) is 12.6 Å². The molecule has 120 valence electrons. The Morgan fingerprint density at radius 3 is 2.45 bits per heavy atom. The van der Waals surface area contributed by atoms with E-state index >= 15 is 0 Å². The second-order valence-corrected chi connectivity index (χ2v) is 5.97. The Labute approximate surface area is 133 Å². The van der Waals surface area contributed by atoms with Crippen LogP contribution >= 0.6 is 0 Å². The van der Waals surface area contributed by atoms with Crippen LogP contribution in [0.15, 0.2) is 18.3 Å². The van der Waals surface area contributed by atoms with E-state index < -0.39 is 0 Å². The molecule has 0 aliphatic heterocycles. The van der Waals surface area contributed by atoms with Gasteiger partial charge in [0.15, 0.2) is 0 Å². The molecule has 1 atom stereocenters. The van der Waals surface area contributed by atoms with Crippen molar-refractivity contribution >= 4 is 0 Å². The van der Waals surface area contributed by atoms with Crippen molar-refractivity contribution in [2.45, 2.75) is 53.3 Å². The van der Waals surface area contributed by atoms with Gasteiger partial charge in [-0.25, -0.2) is 0 Å². The van der Waals surface area contributed by atoms with Crippen molar-refractivity contribution in [2.24, 2.45) is 7.05 Å². The molecule has 0 aliphatic rings. The molecule has 2 N–H and O–H groups in total. The summed E-state index contributed by atoms with van der Waals surface area (Å²) < 4.78 is 1.93. The first kappa shape index (κ1) is 16.7. The summed E-state index contributed by atoms with van der Waals surface area (Å²) >= 11 is 0. The predicted octanol–water partition coefficient (Wildman–Crippen LogP) is 3.08. The molecule has 0 amide bonds. The Morgan fingerprint density at radius 1 is 1.23 bits per heavy atom. The molecule has 0 saturated heterocycles. The number of benzene rings is 1. The highest BCUT2D eigenvalue weighted by atomic mass is 16.3. The first-order valence-electron chi connectivity index (χ1n) is 7.90. The zero-order valence-corrected chi connectivity index (χ0v) is 14.3. The van der Waals surface area contributed by atoms with Gasteiger partial charge in [0.25, 0.3) is 0 Å². The van der Waals surface area contributed by atoms with Gasteiger partial charge >= 0.3 is 0 Å². The van der Waals surface area contributed by atoms with E-state index in [0.29, 0.717) is 0 Å². The van der Waals surface area contributed by atoms with Gasteiger partial charge < -0.3 is 10.4 Å². The Kier molecular flexibility index (Phi) is 5.37. The lowest BCUT2D eigenvalue weighted by Gasteiger charge is -2.21. The minimum absolute atomic E-state index is 0.101. The summed E-state index contributed by atoms with van der Waals surface area (Å²) in [4.78, 5) is 0. The average molecular weight is 301 g/mol. The number of rotatable bonds is 6. The van der Waals surface area contributed by atoms with Gasteiger partial charge in [-0.3, -0.25) is 4.68 Å². The Hall–Kier alpha value is -1.65. The maximum Gasteiger partial charge on any atom is 0.0687 e. The predicted molar refractivity (Wildman–Crippen MR) is 89.7 cm³/mol. The molecule has 0 aliphatic carbocycles. The second kappa shape index (κ2) is 7.07. The molecular weight excluding hydrogens is 274 g/mol. The number of aliphatic hydroxyl groups excluding tert-OH is 1. The van der Waals surface area contributed by atoms with Crippen molar-refractivity contribution < 1.29 is 5.11 Å². The zero-order valence-electron chi connectivity index (χ0n) is 14.3. The first-order valence-corrected chi connectivity index (χ1v) is 7.90. The van der Waals surface area contributed by atoms with Crippen LogP contribution in [0.3, 0.4) is 0 Å². The van der Waals surface area contributed by atoms with Crippen molar-refractivity contribution in [1.82, 2.24) is 15.1 Å². The molecule has 1 aromatic carbocycles. The van der Waals surface area contributed by atoms with E-state index in [0.717, 1.165) is 18.5 Å². The van der Waals surface area contributed by atoms with Crippen LogP contribution in [-0.4, -0.2) is 14.9 Å². The molecule has 0 saturated carbocycles. The van der Waals surface area contributed by atoms with Gasteiger partial charge in [0.2, 0.25) is 0 Å². The lowest BCUT2D eigenvalue weighted by molar-refractivity contribution is 0.280. The fourth-order valence-corrected chi connectivity index (χ4v) is 3.20. The van der Waals surface area contributed by atoms with Crippen LogP contribution in [0.4, 0.5) is 0 Å². The standard InChI is InChI=1S/C18H27N3O/c1-6-17(18-7-8-20-21(18)5)19-10-15-12(2)9-13(3)16(11-22)14(15)4/h7-9,17,19,22H,6,10-11H2,1-5H3/t17-/m1/s1. The van der Waals surface area contributed by atoms with Gasteiger partial charge in [-0.1, -0.05) is 13.0 Å². The number of hydrogen-bond donors (Lipinski definition) is 2. The molecule has 2 aromatic rings. The van der Waals surface area contributed by atoms with Crippen LogP contribution in [0, 0.1) is 20.8 Å². The minimum atomic E-state index is 0.101. The second-order valence-electron chi connectivity index (χ2n) is 5.97. The van der Waals surface area contributed by atoms with Gasteiger partial charge in [0, 0.05) is 25.8 Å². The summed E-state index contributed by atoms with van der Waals surface area (Å²) in [6.07, 6.45) is 2.85. The number of hydrogen-bond acceptors (Lipinski definition) is 3. The summed E-state index contributed by atoms with van der Waals surface area (Å²) in [7, 11) is 1.98. The average Bonchev–Trinajstić information content (AvgIpc) is 2.89. The monoisotopic (exact) mass is 301 g/mol. The minimum Gasteiger partial charge on any atom is -0.392 e. The topological polar surface area (TPSA) is 50.1 Å². The maximum atomic E-state index is 9.59. The Morgan fingerprint density at radius 2 is 1.91 bits per heavy atom. The molecule has 4 heteroatoms. The molecule has 0 fully saturated rings. The van der Waals surface area contributed by atoms with Crippen molar-refractivity contribution in [3.8, 4) is 0 Å². The number of aromatic nitrogens is 2. The summed E-state index contributed by atoms with van der Waals surface area (Å²) in [5.41, 5.74) is 7.19. The Bertz CT molecular complexity index is 646. The fraction of sp³-hybridized carbons (Fsp3) is 0.500. The van der Waals surface area contributed by atoms with E-state index in [9.17, 15) is 5.11 Å². The number of aliphatic hydroxyl groups is 1. The van der Waals surface area contributed by atoms with Crippen molar-refractivity contribution in [3.05, 3.63) is 51.8 Å². The largest absolute Gasteiger partial charge is 0.392 e. The van der Waals surface area contributed by atoms with E-state index in [1.165, 1.54) is 27.9 Å². The number of nitrogens with one attached hydrogen (secondary N) is 1. The quantitative estimate of drug-likeness (QED) is 0.862. The van der Waals surface area contributed by atoms with Gasteiger partial charge in [-0.05, 0) is 61.1 Å². The molecule has 2 rings (SSSR count). The van der Waals surface area contributed by atoms with Crippen LogP contribution in [0.25, 0.3) is 0 Å². The van der Waals surface area contributed by atoms with Crippen molar-refractivity contribution in [3.63, 3.8) is 0 Å². The van der Waals surface area contributed by atoms with E-state index in [1.54, 1.807) is 0 Å². The van der Waals surface area contributed by atoms with Gasteiger partial charge in [0.05, 0.1) is 12.3 Å². The van der Waals surface area contributed by atoms with Crippen molar-refractivity contribution in [2.75, 3.05) is 0 Å². The van der Waals surface area contributed by atoms with E-state index in [4.69, 9.17) is 0 Å². The van der Waals surface area contributed by atoms with Crippen LogP contribution in [-0.2, 0) is 20.2 Å². The summed E-state index contributed by atoms with van der Waals surface area (Å²) in [6.45, 7) is 9.39. The lowest BCUT2D eigenvalue weighted by atomic mass is 9.93. The Balaban J connectivity index is 2.22. The molecule has 0 spiro atoms.